The number of amides is 1. The number of rotatable bonds is 6. The molecule has 0 spiro atoms. The molecule has 0 aliphatic rings. The second kappa shape index (κ2) is 6.89. The van der Waals surface area contributed by atoms with Crippen molar-refractivity contribution in [2.45, 2.75) is 27.2 Å². The quantitative estimate of drug-likeness (QED) is 0.823. The highest BCUT2D eigenvalue weighted by Crippen LogP contribution is 2.08. The first-order chi connectivity index (χ1) is 8.22. The van der Waals surface area contributed by atoms with Crippen LogP contribution in [0.25, 0.3) is 0 Å². The number of carbonyl (C=O) groups is 1. The molecule has 0 radical (unpaired) electrons. The Bertz CT molecular complexity index is 348. The molecule has 0 unspecified atom stereocenters. The molecule has 4 heteroatoms. The zero-order chi connectivity index (χ0) is 12.7. The van der Waals surface area contributed by atoms with Gasteiger partial charge in [0.2, 0.25) is 0 Å². The molecule has 1 aromatic heterocycles. The second-order valence-corrected chi connectivity index (χ2v) is 3.85. The van der Waals surface area contributed by atoms with E-state index in [-0.39, 0.29) is 5.91 Å². The van der Waals surface area contributed by atoms with Crippen molar-refractivity contribution in [1.29, 1.82) is 0 Å². The summed E-state index contributed by atoms with van der Waals surface area (Å²) in [4.78, 5) is 18.1. The Morgan fingerprint density at radius 2 is 2.12 bits per heavy atom. The van der Waals surface area contributed by atoms with Gasteiger partial charge >= 0.3 is 0 Å². The predicted octanol–water partition coefficient (Wildman–Crippen LogP) is 2.39. The maximum absolute atomic E-state index is 12.1. The molecule has 0 atom stereocenters. The number of pyridine rings is 1. The molecule has 4 nitrogen and oxygen atoms in total. The van der Waals surface area contributed by atoms with Crippen LogP contribution in [-0.4, -0.2) is 35.4 Å². The van der Waals surface area contributed by atoms with Gasteiger partial charge in [-0.05, 0) is 32.4 Å². The molecule has 0 aliphatic carbocycles. The molecule has 1 N–H and O–H groups in total. The fourth-order valence-corrected chi connectivity index (χ4v) is 1.66. The summed E-state index contributed by atoms with van der Waals surface area (Å²) in [6.07, 6.45) is 2.67. The van der Waals surface area contributed by atoms with Crippen molar-refractivity contribution in [2.75, 3.05) is 25.0 Å². The fraction of sp³-hybridized carbons (Fsp3) is 0.538. The minimum absolute atomic E-state index is 0.0115. The van der Waals surface area contributed by atoms with Gasteiger partial charge in [0.05, 0.1) is 11.9 Å². The Balaban J connectivity index is 2.74. The van der Waals surface area contributed by atoms with E-state index >= 15 is 0 Å². The summed E-state index contributed by atoms with van der Waals surface area (Å²) >= 11 is 0. The topological polar surface area (TPSA) is 45.2 Å². The van der Waals surface area contributed by atoms with Gasteiger partial charge in [0, 0.05) is 19.6 Å². The number of nitrogens with zero attached hydrogens (tertiary/aromatic N) is 2. The summed E-state index contributed by atoms with van der Waals surface area (Å²) in [5.74, 6) is 0.0115. The average Bonchev–Trinajstić information content (AvgIpc) is 2.36. The Kier molecular flexibility index (Phi) is 5.46. The molecule has 0 saturated heterocycles. The van der Waals surface area contributed by atoms with Gasteiger partial charge in [0.15, 0.2) is 0 Å². The summed E-state index contributed by atoms with van der Waals surface area (Å²) in [7, 11) is 0. The monoisotopic (exact) mass is 235 g/mol. The van der Waals surface area contributed by atoms with E-state index in [1.807, 2.05) is 24.8 Å². The van der Waals surface area contributed by atoms with Crippen LogP contribution in [0.1, 0.15) is 37.7 Å². The largest absolute Gasteiger partial charge is 0.384 e. The van der Waals surface area contributed by atoms with E-state index in [9.17, 15) is 4.79 Å². The van der Waals surface area contributed by atoms with E-state index in [1.54, 1.807) is 12.3 Å². The normalized spacial score (nSPS) is 10.1. The molecule has 1 aromatic rings. The zero-order valence-electron chi connectivity index (χ0n) is 10.9. The van der Waals surface area contributed by atoms with Gasteiger partial charge in [-0.3, -0.25) is 4.79 Å². The van der Waals surface area contributed by atoms with Gasteiger partial charge in [-0.25, -0.2) is 4.98 Å². The Morgan fingerprint density at radius 1 is 1.35 bits per heavy atom. The van der Waals surface area contributed by atoms with Crippen molar-refractivity contribution in [3.8, 4) is 0 Å². The summed E-state index contributed by atoms with van der Waals surface area (Å²) in [6, 6.07) is 3.67. The van der Waals surface area contributed by atoms with Gasteiger partial charge in [-0.1, -0.05) is 6.92 Å². The van der Waals surface area contributed by atoms with E-state index in [0.29, 0.717) is 5.69 Å². The number of hydrogen-bond donors (Lipinski definition) is 1. The zero-order valence-corrected chi connectivity index (χ0v) is 10.9. The van der Waals surface area contributed by atoms with Gasteiger partial charge < -0.3 is 10.2 Å². The third-order valence-electron chi connectivity index (χ3n) is 2.53. The molecule has 17 heavy (non-hydrogen) atoms. The summed E-state index contributed by atoms with van der Waals surface area (Å²) < 4.78 is 0. The van der Waals surface area contributed by atoms with Crippen LogP contribution in [0.4, 0.5) is 5.69 Å². The standard InChI is InChI=1S/C13H21N3O/c1-4-9-16(6-3)13(17)12-8-7-11(10-15-12)14-5-2/h7-8,10,14H,4-6,9H2,1-3H3. The summed E-state index contributed by atoms with van der Waals surface area (Å²) in [5.41, 5.74) is 1.46. The lowest BCUT2D eigenvalue weighted by molar-refractivity contribution is 0.0758. The smallest absolute Gasteiger partial charge is 0.272 e. The number of carbonyl (C=O) groups excluding carboxylic acids is 1. The maximum atomic E-state index is 12.1. The minimum atomic E-state index is 0.0115. The molecule has 0 bridgehead atoms. The first kappa shape index (κ1) is 13.5. The van der Waals surface area contributed by atoms with Crippen LogP contribution in [0, 0.1) is 0 Å². The lowest BCUT2D eigenvalue weighted by atomic mass is 10.3. The highest BCUT2D eigenvalue weighted by Gasteiger charge is 2.14. The van der Waals surface area contributed by atoms with E-state index in [4.69, 9.17) is 0 Å². The molecule has 1 rings (SSSR count). The van der Waals surface area contributed by atoms with Crippen molar-refractivity contribution < 1.29 is 4.79 Å². The Hall–Kier alpha value is -1.58. The molecule has 94 valence electrons. The number of hydrogen-bond acceptors (Lipinski definition) is 3. The summed E-state index contributed by atoms with van der Waals surface area (Å²) in [6.45, 7) is 8.44. The maximum Gasteiger partial charge on any atom is 0.272 e. The molecular weight excluding hydrogens is 214 g/mol. The van der Waals surface area contributed by atoms with E-state index in [0.717, 1.165) is 31.7 Å². The van der Waals surface area contributed by atoms with Crippen LogP contribution in [0.5, 0.6) is 0 Å². The Morgan fingerprint density at radius 3 is 2.59 bits per heavy atom. The molecule has 0 saturated carbocycles. The highest BCUT2D eigenvalue weighted by molar-refractivity contribution is 5.92. The predicted molar refractivity (Wildman–Crippen MR) is 70.3 cm³/mol. The molecular formula is C13H21N3O. The first-order valence-electron chi connectivity index (χ1n) is 6.22. The van der Waals surface area contributed by atoms with Gasteiger partial charge in [0.1, 0.15) is 5.69 Å². The highest BCUT2D eigenvalue weighted by atomic mass is 16.2. The van der Waals surface area contributed by atoms with Crippen molar-refractivity contribution in [2.24, 2.45) is 0 Å². The molecule has 0 fully saturated rings. The second-order valence-electron chi connectivity index (χ2n) is 3.85. The van der Waals surface area contributed by atoms with Crippen LogP contribution >= 0.6 is 0 Å². The molecule has 1 amide bonds. The van der Waals surface area contributed by atoms with Crippen LogP contribution in [0.3, 0.4) is 0 Å². The molecule has 0 aliphatic heterocycles. The van der Waals surface area contributed by atoms with Gasteiger partial charge in [-0.2, -0.15) is 0 Å². The lowest BCUT2D eigenvalue weighted by Gasteiger charge is -2.19. The first-order valence-corrected chi connectivity index (χ1v) is 6.22. The third-order valence-corrected chi connectivity index (χ3v) is 2.53. The third kappa shape index (κ3) is 3.73. The minimum Gasteiger partial charge on any atom is -0.384 e. The van der Waals surface area contributed by atoms with Crippen molar-refractivity contribution in [3.05, 3.63) is 24.0 Å². The number of nitrogens with one attached hydrogen (secondary N) is 1. The van der Waals surface area contributed by atoms with E-state index < -0.39 is 0 Å². The molecule has 0 aromatic carbocycles. The van der Waals surface area contributed by atoms with E-state index in [2.05, 4.69) is 17.2 Å². The van der Waals surface area contributed by atoms with E-state index in [1.165, 1.54) is 0 Å². The van der Waals surface area contributed by atoms with Gasteiger partial charge in [0.25, 0.3) is 5.91 Å². The van der Waals surface area contributed by atoms with Crippen molar-refractivity contribution in [1.82, 2.24) is 9.88 Å². The van der Waals surface area contributed by atoms with Crippen LogP contribution < -0.4 is 5.32 Å². The Labute approximate surface area is 103 Å². The van der Waals surface area contributed by atoms with Crippen LogP contribution in [-0.2, 0) is 0 Å². The SMILES string of the molecule is CCCN(CC)C(=O)c1ccc(NCC)cn1. The van der Waals surface area contributed by atoms with Crippen molar-refractivity contribution >= 4 is 11.6 Å². The van der Waals surface area contributed by atoms with Crippen LogP contribution in [0.15, 0.2) is 18.3 Å². The molecule has 1 heterocycles. The summed E-state index contributed by atoms with van der Waals surface area (Å²) in [5, 5.41) is 3.15. The van der Waals surface area contributed by atoms with Gasteiger partial charge in [-0.15, -0.1) is 0 Å². The number of anilines is 1. The average molecular weight is 235 g/mol. The lowest BCUT2D eigenvalue weighted by Crippen LogP contribution is -2.32. The fourth-order valence-electron chi connectivity index (χ4n) is 1.66. The number of aromatic nitrogens is 1. The van der Waals surface area contributed by atoms with Crippen LogP contribution in [0.2, 0.25) is 0 Å². The van der Waals surface area contributed by atoms with Crippen molar-refractivity contribution in [3.63, 3.8) is 0 Å².